The number of aromatic nitrogens is 2. The number of para-hydroxylation sites is 1. The maximum atomic E-state index is 13.0. The zero-order valence-corrected chi connectivity index (χ0v) is 16.7. The molecule has 0 aliphatic carbocycles. The fourth-order valence-electron chi connectivity index (χ4n) is 3.06. The second kappa shape index (κ2) is 8.19. The Labute approximate surface area is 175 Å². The number of nitriles is 1. The molecule has 1 heterocycles. The van der Waals surface area contributed by atoms with E-state index in [1.807, 2.05) is 66.7 Å². The van der Waals surface area contributed by atoms with Gasteiger partial charge < -0.3 is 0 Å². The summed E-state index contributed by atoms with van der Waals surface area (Å²) in [4.78, 5) is -0.256. The van der Waals surface area contributed by atoms with Gasteiger partial charge in [-0.1, -0.05) is 66.7 Å². The van der Waals surface area contributed by atoms with Gasteiger partial charge in [0.1, 0.15) is 16.7 Å². The van der Waals surface area contributed by atoms with Crippen LogP contribution in [0.4, 0.5) is 0 Å². The lowest BCUT2D eigenvalue weighted by Crippen LogP contribution is -2.03. The first-order valence-electron chi connectivity index (χ1n) is 9.22. The molecule has 0 N–H and O–H groups in total. The molecular weight excluding hydrogens is 394 g/mol. The first-order valence-corrected chi connectivity index (χ1v) is 10.7. The summed E-state index contributed by atoms with van der Waals surface area (Å²) in [6, 6.07) is 28.8. The van der Waals surface area contributed by atoms with Crippen molar-refractivity contribution in [1.29, 1.82) is 5.26 Å². The van der Waals surface area contributed by atoms with Gasteiger partial charge in [0, 0.05) is 17.3 Å². The summed E-state index contributed by atoms with van der Waals surface area (Å²) in [5, 5.41) is 14.3. The van der Waals surface area contributed by atoms with E-state index in [-0.39, 0.29) is 9.80 Å². The topological polar surface area (TPSA) is 75.8 Å². The highest BCUT2D eigenvalue weighted by molar-refractivity contribution is 7.95. The molecule has 0 radical (unpaired) electrons. The summed E-state index contributed by atoms with van der Waals surface area (Å²) in [5.74, 6) is 0. The van der Waals surface area contributed by atoms with Crippen LogP contribution in [0.15, 0.2) is 107 Å². The Morgan fingerprint density at radius 1 is 0.867 bits per heavy atom. The molecule has 6 heteroatoms. The van der Waals surface area contributed by atoms with Crippen LogP contribution in [0.25, 0.3) is 23.0 Å². The Bertz CT molecular complexity index is 1340. The molecule has 4 rings (SSSR count). The largest absolute Gasteiger partial charge is 0.240 e. The molecule has 0 atom stereocenters. The number of hydrogen-bond acceptors (Lipinski definition) is 4. The molecule has 5 nitrogen and oxygen atoms in total. The monoisotopic (exact) mass is 411 g/mol. The van der Waals surface area contributed by atoms with E-state index in [9.17, 15) is 13.7 Å². The molecule has 0 saturated heterocycles. The van der Waals surface area contributed by atoms with Gasteiger partial charge in [0.15, 0.2) is 0 Å². The fourth-order valence-corrected chi connectivity index (χ4v) is 4.24. The van der Waals surface area contributed by atoms with Gasteiger partial charge in [-0.15, -0.1) is 0 Å². The third kappa shape index (κ3) is 3.79. The Hall–Kier alpha value is -3.95. The minimum absolute atomic E-state index is 0.0783. The van der Waals surface area contributed by atoms with Crippen molar-refractivity contribution in [3.8, 4) is 23.0 Å². The van der Waals surface area contributed by atoms with Crippen molar-refractivity contribution < 1.29 is 8.42 Å². The third-order valence-electron chi connectivity index (χ3n) is 4.55. The zero-order valence-electron chi connectivity index (χ0n) is 15.9. The molecular formula is C24H17N3O2S. The van der Waals surface area contributed by atoms with Gasteiger partial charge in [0.2, 0.25) is 9.84 Å². The summed E-state index contributed by atoms with van der Waals surface area (Å²) >= 11 is 0. The van der Waals surface area contributed by atoms with Crippen LogP contribution in [0.1, 0.15) is 5.56 Å². The number of hydrogen-bond donors (Lipinski definition) is 0. The minimum Gasteiger partial charge on any atom is -0.240 e. The van der Waals surface area contributed by atoms with E-state index in [2.05, 4.69) is 5.10 Å². The van der Waals surface area contributed by atoms with Crippen molar-refractivity contribution in [2.24, 2.45) is 0 Å². The second-order valence-electron chi connectivity index (χ2n) is 6.52. The van der Waals surface area contributed by atoms with E-state index >= 15 is 0 Å². The van der Waals surface area contributed by atoms with Gasteiger partial charge in [-0.05, 0) is 30.3 Å². The van der Waals surface area contributed by atoms with Crippen molar-refractivity contribution in [3.63, 3.8) is 0 Å². The Morgan fingerprint density at radius 2 is 1.43 bits per heavy atom. The summed E-state index contributed by atoms with van der Waals surface area (Å²) in [6.07, 6.45) is 3.12. The van der Waals surface area contributed by atoms with E-state index in [4.69, 9.17) is 0 Å². The van der Waals surface area contributed by atoms with Gasteiger partial charge in [-0.2, -0.15) is 10.4 Å². The molecule has 0 aliphatic rings. The predicted molar refractivity (Wildman–Crippen MR) is 116 cm³/mol. The van der Waals surface area contributed by atoms with Gasteiger partial charge in [-0.25, -0.2) is 13.1 Å². The van der Waals surface area contributed by atoms with Crippen LogP contribution in [-0.4, -0.2) is 18.2 Å². The van der Waals surface area contributed by atoms with Crippen molar-refractivity contribution in [3.05, 3.63) is 108 Å². The molecule has 0 fully saturated rings. The van der Waals surface area contributed by atoms with Crippen LogP contribution in [-0.2, 0) is 9.84 Å². The maximum Gasteiger partial charge on any atom is 0.216 e. The highest BCUT2D eigenvalue weighted by Gasteiger charge is 2.22. The lowest BCUT2D eigenvalue weighted by atomic mass is 10.1. The summed E-state index contributed by atoms with van der Waals surface area (Å²) < 4.78 is 27.6. The lowest BCUT2D eigenvalue weighted by Gasteiger charge is -2.03. The van der Waals surface area contributed by atoms with Gasteiger partial charge in [-0.3, -0.25) is 0 Å². The van der Waals surface area contributed by atoms with E-state index in [1.54, 1.807) is 29.1 Å². The second-order valence-corrected chi connectivity index (χ2v) is 8.43. The Kier molecular flexibility index (Phi) is 5.29. The van der Waals surface area contributed by atoms with Crippen LogP contribution in [0.3, 0.4) is 0 Å². The van der Waals surface area contributed by atoms with E-state index in [1.165, 1.54) is 18.2 Å². The molecule has 0 saturated carbocycles. The molecule has 1 aromatic heterocycles. The highest BCUT2D eigenvalue weighted by atomic mass is 32.2. The van der Waals surface area contributed by atoms with Crippen molar-refractivity contribution in [1.82, 2.24) is 9.78 Å². The highest BCUT2D eigenvalue weighted by Crippen LogP contribution is 2.28. The molecule has 0 amide bonds. The lowest BCUT2D eigenvalue weighted by molar-refractivity contribution is 0.603. The van der Waals surface area contributed by atoms with Crippen molar-refractivity contribution in [2.75, 3.05) is 0 Å². The standard InChI is InChI=1S/C24H17N3O2S/c25-17-23(30(28,29)22-14-8-3-9-15-22)16-20-18-27(21-12-6-2-7-13-21)26-24(20)19-10-4-1-5-11-19/h1-16,18H/b23-16-. The summed E-state index contributed by atoms with van der Waals surface area (Å²) in [7, 11) is -3.94. The third-order valence-corrected chi connectivity index (χ3v) is 6.23. The number of benzene rings is 3. The Balaban J connectivity index is 1.89. The molecule has 0 aliphatic heterocycles. The van der Waals surface area contributed by atoms with Crippen LogP contribution in [0.5, 0.6) is 0 Å². The Morgan fingerprint density at radius 3 is 2.03 bits per heavy atom. The zero-order chi connectivity index (χ0) is 21.0. The van der Waals surface area contributed by atoms with Crippen LogP contribution >= 0.6 is 0 Å². The molecule has 3 aromatic carbocycles. The maximum absolute atomic E-state index is 13.0. The average Bonchev–Trinajstić information content (AvgIpc) is 3.23. The van der Waals surface area contributed by atoms with E-state index in [0.29, 0.717) is 11.3 Å². The molecule has 146 valence electrons. The molecule has 4 aromatic rings. The van der Waals surface area contributed by atoms with E-state index in [0.717, 1.165) is 11.3 Å². The van der Waals surface area contributed by atoms with Gasteiger partial charge in [0.05, 0.1) is 10.6 Å². The smallest absolute Gasteiger partial charge is 0.216 e. The minimum atomic E-state index is -3.94. The van der Waals surface area contributed by atoms with Crippen molar-refractivity contribution >= 4 is 15.9 Å². The van der Waals surface area contributed by atoms with E-state index < -0.39 is 9.84 Å². The van der Waals surface area contributed by atoms with Crippen LogP contribution in [0, 0.1) is 11.3 Å². The predicted octanol–water partition coefficient (Wildman–Crippen LogP) is 4.88. The number of sulfone groups is 1. The van der Waals surface area contributed by atoms with Gasteiger partial charge in [0.25, 0.3) is 0 Å². The number of nitrogens with zero attached hydrogens (tertiary/aromatic N) is 3. The van der Waals surface area contributed by atoms with Crippen LogP contribution in [0.2, 0.25) is 0 Å². The van der Waals surface area contributed by atoms with Gasteiger partial charge >= 0.3 is 0 Å². The molecule has 0 unspecified atom stereocenters. The normalized spacial score (nSPS) is 11.8. The summed E-state index contributed by atoms with van der Waals surface area (Å²) in [5.41, 5.74) is 2.79. The average molecular weight is 411 g/mol. The SMILES string of the molecule is N#C/C(=C/c1cn(-c2ccccc2)nc1-c1ccccc1)S(=O)(=O)c1ccccc1. The molecule has 0 bridgehead atoms. The number of rotatable bonds is 5. The quantitative estimate of drug-likeness (QED) is 0.439. The first-order chi connectivity index (χ1) is 14.6. The first kappa shape index (κ1) is 19.4. The molecule has 30 heavy (non-hydrogen) atoms. The summed E-state index contributed by atoms with van der Waals surface area (Å²) in [6.45, 7) is 0. The fraction of sp³-hybridized carbons (Fsp3) is 0. The molecule has 0 spiro atoms. The van der Waals surface area contributed by atoms with Crippen LogP contribution < -0.4 is 0 Å². The number of allylic oxidation sites excluding steroid dienone is 1. The van der Waals surface area contributed by atoms with Crippen molar-refractivity contribution in [2.45, 2.75) is 4.90 Å².